The number of amides is 2. The van der Waals surface area contributed by atoms with E-state index in [1.165, 1.54) is 13.3 Å². The van der Waals surface area contributed by atoms with Gasteiger partial charge >= 0.3 is 0 Å². The van der Waals surface area contributed by atoms with Crippen LogP contribution in [-0.2, 0) is 9.59 Å². The number of benzene rings is 1. The van der Waals surface area contributed by atoms with Gasteiger partial charge in [0.05, 0.1) is 6.54 Å². The van der Waals surface area contributed by atoms with Crippen LogP contribution < -0.4 is 10.6 Å². The Morgan fingerprint density at radius 2 is 1.85 bits per heavy atom. The van der Waals surface area contributed by atoms with Crippen LogP contribution >= 0.6 is 0 Å². The minimum Gasteiger partial charge on any atom is -0.376 e. The highest BCUT2D eigenvalue weighted by Crippen LogP contribution is 2.15. The first-order chi connectivity index (χ1) is 9.65. The Bertz CT molecular complexity index is 482. The lowest BCUT2D eigenvalue weighted by atomic mass is 10.1. The number of piperidine rings is 1. The average Bonchev–Trinajstić information content (AvgIpc) is 2.45. The summed E-state index contributed by atoms with van der Waals surface area (Å²) in [5.74, 6) is 0.0289. The summed E-state index contributed by atoms with van der Waals surface area (Å²) in [5, 5.41) is 5.83. The number of carbonyl (C=O) groups is 2. The monoisotopic (exact) mass is 275 g/mol. The molecule has 5 heteroatoms. The van der Waals surface area contributed by atoms with Gasteiger partial charge < -0.3 is 15.5 Å². The summed E-state index contributed by atoms with van der Waals surface area (Å²) in [6, 6.07) is 7.37. The summed E-state index contributed by atoms with van der Waals surface area (Å²) in [6.07, 6.45) is 3.42. The number of anilines is 2. The maximum atomic E-state index is 12.0. The van der Waals surface area contributed by atoms with Crippen molar-refractivity contribution >= 4 is 23.2 Å². The Hall–Kier alpha value is -2.04. The molecular weight excluding hydrogens is 254 g/mol. The second kappa shape index (κ2) is 6.93. The van der Waals surface area contributed by atoms with Crippen molar-refractivity contribution in [1.29, 1.82) is 0 Å². The van der Waals surface area contributed by atoms with E-state index in [9.17, 15) is 9.59 Å². The van der Waals surface area contributed by atoms with Crippen LogP contribution in [0.25, 0.3) is 0 Å². The van der Waals surface area contributed by atoms with Gasteiger partial charge in [-0.2, -0.15) is 0 Å². The van der Waals surface area contributed by atoms with Crippen molar-refractivity contribution in [3.05, 3.63) is 24.3 Å². The molecule has 0 bridgehead atoms. The summed E-state index contributed by atoms with van der Waals surface area (Å²) in [5.41, 5.74) is 1.56. The maximum absolute atomic E-state index is 12.0. The van der Waals surface area contributed by atoms with Crippen LogP contribution in [0.2, 0.25) is 0 Å². The molecule has 0 saturated carbocycles. The highest BCUT2D eigenvalue weighted by atomic mass is 16.2. The van der Waals surface area contributed by atoms with Gasteiger partial charge in [0.2, 0.25) is 11.8 Å². The Labute approximate surface area is 119 Å². The van der Waals surface area contributed by atoms with E-state index in [0.29, 0.717) is 6.54 Å². The van der Waals surface area contributed by atoms with Crippen molar-refractivity contribution in [3.8, 4) is 0 Å². The number of likely N-dealkylation sites (tertiary alicyclic amines) is 1. The third kappa shape index (κ3) is 4.26. The van der Waals surface area contributed by atoms with E-state index in [0.717, 1.165) is 37.3 Å². The fourth-order valence-corrected chi connectivity index (χ4v) is 2.34. The van der Waals surface area contributed by atoms with E-state index in [2.05, 4.69) is 10.6 Å². The van der Waals surface area contributed by atoms with Crippen molar-refractivity contribution in [2.24, 2.45) is 0 Å². The topological polar surface area (TPSA) is 61.4 Å². The lowest BCUT2D eigenvalue weighted by molar-refractivity contribution is -0.130. The Kier molecular flexibility index (Phi) is 4.98. The Morgan fingerprint density at radius 1 is 1.15 bits per heavy atom. The maximum Gasteiger partial charge on any atom is 0.241 e. The molecule has 0 aliphatic carbocycles. The molecule has 1 fully saturated rings. The molecule has 1 aliphatic rings. The van der Waals surface area contributed by atoms with Crippen LogP contribution in [0.1, 0.15) is 26.2 Å². The number of nitrogens with one attached hydrogen (secondary N) is 2. The van der Waals surface area contributed by atoms with Crippen LogP contribution in [0, 0.1) is 0 Å². The standard InChI is InChI=1S/C15H21N3O2/c1-12(19)17-14-7-5-6-13(10-14)16-11-15(20)18-8-3-2-4-9-18/h5-7,10,16H,2-4,8-9,11H2,1H3,(H,17,19). The fraction of sp³-hybridized carbons (Fsp3) is 0.467. The number of hydrogen-bond acceptors (Lipinski definition) is 3. The summed E-state index contributed by atoms with van der Waals surface area (Å²) in [6.45, 7) is 3.50. The van der Waals surface area contributed by atoms with Crippen molar-refractivity contribution < 1.29 is 9.59 Å². The zero-order valence-corrected chi connectivity index (χ0v) is 11.8. The highest BCUT2D eigenvalue weighted by Gasteiger charge is 2.15. The van der Waals surface area contributed by atoms with Crippen LogP contribution in [0.5, 0.6) is 0 Å². The minimum atomic E-state index is -0.105. The molecule has 1 saturated heterocycles. The van der Waals surface area contributed by atoms with E-state index in [4.69, 9.17) is 0 Å². The largest absolute Gasteiger partial charge is 0.376 e. The first kappa shape index (κ1) is 14.4. The van der Waals surface area contributed by atoms with Crippen LogP contribution in [0.15, 0.2) is 24.3 Å². The minimum absolute atomic E-state index is 0.105. The number of hydrogen-bond donors (Lipinski definition) is 2. The zero-order valence-electron chi connectivity index (χ0n) is 11.8. The third-order valence-corrected chi connectivity index (χ3v) is 3.34. The molecule has 1 aliphatic heterocycles. The van der Waals surface area contributed by atoms with E-state index in [1.54, 1.807) is 0 Å². The van der Waals surface area contributed by atoms with Gasteiger partial charge in [-0.15, -0.1) is 0 Å². The summed E-state index contributed by atoms with van der Waals surface area (Å²) in [7, 11) is 0. The molecule has 0 radical (unpaired) electrons. The summed E-state index contributed by atoms with van der Waals surface area (Å²) < 4.78 is 0. The van der Waals surface area contributed by atoms with Crippen molar-refractivity contribution in [2.45, 2.75) is 26.2 Å². The number of carbonyl (C=O) groups excluding carboxylic acids is 2. The first-order valence-corrected chi connectivity index (χ1v) is 7.04. The summed E-state index contributed by atoms with van der Waals surface area (Å²) in [4.78, 5) is 24.9. The van der Waals surface area contributed by atoms with Crippen LogP contribution in [0.4, 0.5) is 11.4 Å². The molecule has 0 aromatic heterocycles. The van der Waals surface area contributed by atoms with Crippen LogP contribution in [0.3, 0.4) is 0 Å². The molecular formula is C15H21N3O2. The molecule has 2 N–H and O–H groups in total. The summed E-state index contributed by atoms with van der Waals surface area (Å²) >= 11 is 0. The van der Waals surface area contributed by atoms with Gasteiger partial charge in [0, 0.05) is 31.4 Å². The fourth-order valence-electron chi connectivity index (χ4n) is 2.34. The molecule has 0 atom stereocenters. The van der Waals surface area contributed by atoms with Gasteiger partial charge in [0.15, 0.2) is 0 Å². The quantitative estimate of drug-likeness (QED) is 0.884. The van der Waals surface area contributed by atoms with E-state index < -0.39 is 0 Å². The van der Waals surface area contributed by atoms with Crippen molar-refractivity contribution in [1.82, 2.24) is 4.90 Å². The van der Waals surface area contributed by atoms with Crippen molar-refractivity contribution in [3.63, 3.8) is 0 Å². The van der Waals surface area contributed by atoms with E-state index in [1.807, 2.05) is 29.2 Å². The molecule has 108 valence electrons. The molecule has 2 amide bonds. The normalized spacial score (nSPS) is 14.8. The Morgan fingerprint density at radius 3 is 2.55 bits per heavy atom. The van der Waals surface area contributed by atoms with Gasteiger partial charge in [-0.25, -0.2) is 0 Å². The van der Waals surface area contributed by atoms with E-state index in [-0.39, 0.29) is 11.8 Å². The van der Waals surface area contributed by atoms with Gasteiger partial charge in [0.25, 0.3) is 0 Å². The van der Waals surface area contributed by atoms with Gasteiger partial charge in [-0.3, -0.25) is 9.59 Å². The first-order valence-electron chi connectivity index (χ1n) is 7.04. The van der Waals surface area contributed by atoms with Gasteiger partial charge in [-0.05, 0) is 37.5 Å². The zero-order chi connectivity index (χ0) is 14.4. The number of rotatable bonds is 4. The molecule has 0 unspecified atom stereocenters. The van der Waals surface area contributed by atoms with E-state index >= 15 is 0 Å². The molecule has 5 nitrogen and oxygen atoms in total. The molecule has 20 heavy (non-hydrogen) atoms. The highest BCUT2D eigenvalue weighted by molar-refractivity contribution is 5.89. The lowest BCUT2D eigenvalue weighted by Crippen LogP contribution is -2.39. The van der Waals surface area contributed by atoms with Crippen molar-refractivity contribution in [2.75, 3.05) is 30.3 Å². The molecule has 1 aromatic carbocycles. The average molecular weight is 275 g/mol. The SMILES string of the molecule is CC(=O)Nc1cccc(NCC(=O)N2CCCCC2)c1. The third-order valence-electron chi connectivity index (χ3n) is 3.34. The molecule has 2 rings (SSSR count). The van der Waals surface area contributed by atoms with Gasteiger partial charge in [0.1, 0.15) is 0 Å². The predicted molar refractivity (Wildman–Crippen MR) is 79.7 cm³/mol. The Balaban J connectivity index is 1.86. The number of nitrogens with zero attached hydrogens (tertiary/aromatic N) is 1. The second-order valence-corrected chi connectivity index (χ2v) is 5.06. The van der Waals surface area contributed by atoms with Gasteiger partial charge in [-0.1, -0.05) is 6.07 Å². The van der Waals surface area contributed by atoms with Crippen LogP contribution in [-0.4, -0.2) is 36.3 Å². The molecule has 1 heterocycles. The predicted octanol–water partition coefficient (Wildman–Crippen LogP) is 2.07. The lowest BCUT2D eigenvalue weighted by Gasteiger charge is -2.26. The second-order valence-electron chi connectivity index (χ2n) is 5.06. The molecule has 1 aromatic rings. The molecule has 0 spiro atoms. The smallest absolute Gasteiger partial charge is 0.241 e.